The summed E-state index contributed by atoms with van der Waals surface area (Å²) in [6.45, 7) is 4.48. The number of carbonyl (C=O) groups is 2. The van der Waals surface area contributed by atoms with Crippen molar-refractivity contribution >= 4 is 12.1 Å². The molecule has 0 aliphatic heterocycles. The number of hydrogen-bond acceptors (Lipinski definition) is 4. The van der Waals surface area contributed by atoms with Crippen LogP contribution in [0, 0.1) is 0 Å². The maximum absolute atomic E-state index is 9.73. The molecule has 0 saturated heterocycles. The van der Waals surface area contributed by atoms with Crippen molar-refractivity contribution < 1.29 is 19.4 Å². The second-order valence-corrected chi connectivity index (χ2v) is 1.68. The first-order chi connectivity index (χ1) is 5.40. The lowest BCUT2D eigenvalue weighted by Gasteiger charge is -2.01. The molecule has 5 N–H and O–H groups in total. The van der Waals surface area contributed by atoms with Crippen LogP contribution in [0.15, 0.2) is 12.7 Å². The topological polar surface area (TPSA) is 116 Å². The third-order valence-corrected chi connectivity index (χ3v) is 0.477. The van der Waals surface area contributed by atoms with Crippen molar-refractivity contribution in [3.8, 4) is 0 Å². The molecule has 0 aliphatic carbocycles. The lowest BCUT2D eigenvalue weighted by Crippen LogP contribution is -2.26. The summed E-state index contributed by atoms with van der Waals surface area (Å²) in [4.78, 5) is 19.0. The van der Waals surface area contributed by atoms with E-state index in [4.69, 9.17) is 10.8 Å². The third kappa shape index (κ3) is 23.7. The molecule has 6 heteroatoms. The van der Waals surface area contributed by atoms with Crippen LogP contribution >= 0.6 is 0 Å². The normalized spacial score (nSPS) is 10.2. The number of carboxylic acid groups (broad SMARTS) is 1. The summed E-state index contributed by atoms with van der Waals surface area (Å²) >= 11 is 0. The van der Waals surface area contributed by atoms with E-state index in [0.29, 0.717) is 0 Å². The van der Waals surface area contributed by atoms with Gasteiger partial charge in [0, 0.05) is 6.08 Å². The number of hydrogen-bond donors (Lipinski definition) is 3. The second-order valence-electron chi connectivity index (χ2n) is 1.68. The van der Waals surface area contributed by atoms with Gasteiger partial charge in [-0.2, -0.15) is 0 Å². The minimum Gasteiger partial charge on any atom is -0.478 e. The van der Waals surface area contributed by atoms with Gasteiger partial charge in [0.1, 0.15) is 6.23 Å². The molecule has 0 aromatic heterocycles. The highest BCUT2D eigenvalue weighted by atomic mass is 16.6. The molecule has 0 bridgehead atoms. The minimum atomic E-state index is -0.981. The van der Waals surface area contributed by atoms with Gasteiger partial charge in [-0.1, -0.05) is 6.58 Å². The van der Waals surface area contributed by atoms with Gasteiger partial charge in [-0.15, -0.1) is 0 Å². The van der Waals surface area contributed by atoms with E-state index < -0.39 is 18.3 Å². The van der Waals surface area contributed by atoms with E-state index in [0.717, 1.165) is 6.08 Å². The fourth-order valence-electron chi connectivity index (χ4n) is 0.183. The quantitative estimate of drug-likeness (QED) is 0.392. The first kappa shape index (κ1) is 13.1. The van der Waals surface area contributed by atoms with Gasteiger partial charge in [0.05, 0.1) is 0 Å². The van der Waals surface area contributed by atoms with Gasteiger partial charge in [0.2, 0.25) is 0 Å². The van der Waals surface area contributed by atoms with Gasteiger partial charge in [-0.25, -0.2) is 9.59 Å². The zero-order chi connectivity index (χ0) is 10.1. The molecule has 70 valence electrons. The lowest BCUT2D eigenvalue weighted by atomic mass is 10.7. The fourth-order valence-corrected chi connectivity index (χ4v) is 0.183. The largest absolute Gasteiger partial charge is 0.478 e. The molecule has 0 aliphatic rings. The SMILES string of the molecule is C=CC(=O)O.CC(N)OC(N)=O. The maximum atomic E-state index is 9.73. The Morgan fingerprint density at radius 3 is 2.00 bits per heavy atom. The smallest absolute Gasteiger partial charge is 0.406 e. The molecule has 0 aromatic carbocycles. The second kappa shape index (κ2) is 7.55. The van der Waals surface area contributed by atoms with Crippen molar-refractivity contribution in [1.82, 2.24) is 0 Å². The van der Waals surface area contributed by atoms with Crippen molar-refractivity contribution in [2.24, 2.45) is 11.5 Å². The zero-order valence-electron chi connectivity index (χ0n) is 6.69. The van der Waals surface area contributed by atoms with E-state index in [9.17, 15) is 9.59 Å². The summed E-state index contributed by atoms with van der Waals surface area (Å²) < 4.78 is 4.17. The zero-order valence-corrected chi connectivity index (χ0v) is 6.69. The van der Waals surface area contributed by atoms with E-state index in [1.165, 1.54) is 6.92 Å². The van der Waals surface area contributed by atoms with E-state index in [2.05, 4.69) is 17.0 Å². The number of carboxylic acids is 1. The van der Waals surface area contributed by atoms with Crippen LogP contribution in [-0.2, 0) is 9.53 Å². The van der Waals surface area contributed by atoms with Gasteiger partial charge in [-0.3, -0.25) is 5.73 Å². The number of primary amides is 1. The molecule has 6 nitrogen and oxygen atoms in total. The summed E-state index contributed by atoms with van der Waals surface area (Å²) in [5.74, 6) is -0.981. The first-order valence-electron chi connectivity index (χ1n) is 2.97. The molecule has 0 radical (unpaired) electrons. The first-order valence-corrected chi connectivity index (χ1v) is 2.97. The number of carbonyl (C=O) groups excluding carboxylic acids is 1. The monoisotopic (exact) mass is 176 g/mol. The Balaban J connectivity index is 0. The number of aliphatic carboxylic acids is 1. The molecule has 1 amide bonds. The van der Waals surface area contributed by atoms with Gasteiger partial charge in [0.25, 0.3) is 0 Å². The molecular weight excluding hydrogens is 164 g/mol. The Hall–Kier alpha value is -1.56. The van der Waals surface area contributed by atoms with Gasteiger partial charge >= 0.3 is 12.1 Å². The average Bonchev–Trinajstić information content (AvgIpc) is 1.85. The van der Waals surface area contributed by atoms with Crippen LogP contribution in [0.25, 0.3) is 0 Å². The summed E-state index contributed by atoms with van der Waals surface area (Å²) in [5, 5.41) is 7.60. The lowest BCUT2D eigenvalue weighted by molar-refractivity contribution is -0.131. The molecule has 0 spiro atoms. The van der Waals surface area contributed by atoms with Gasteiger partial charge in [-0.05, 0) is 6.92 Å². The molecule has 0 aromatic rings. The average molecular weight is 176 g/mol. The fraction of sp³-hybridized carbons (Fsp3) is 0.333. The predicted molar refractivity (Wildman–Crippen MR) is 42.2 cm³/mol. The Morgan fingerprint density at radius 1 is 1.67 bits per heavy atom. The Kier molecular flexibility index (Phi) is 8.21. The van der Waals surface area contributed by atoms with E-state index in [1.54, 1.807) is 0 Å². The molecule has 0 saturated carbocycles. The summed E-state index contributed by atoms with van der Waals surface area (Å²) in [7, 11) is 0. The van der Waals surface area contributed by atoms with Gasteiger partial charge in [0.15, 0.2) is 0 Å². The summed E-state index contributed by atoms with van der Waals surface area (Å²) in [6.07, 6.45) is -0.604. The van der Waals surface area contributed by atoms with Crippen LogP contribution < -0.4 is 11.5 Å². The molecule has 12 heavy (non-hydrogen) atoms. The summed E-state index contributed by atoms with van der Waals surface area (Å²) in [5.41, 5.74) is 9.52. The molecule has 1 unspecified atom stereocenters. The molecule has 0 heterocycles. The maximum Gasteiger partial charge on any atom is 0.406 e. The Labute approximate surface area is 69.8 Å². The van der Waals surface area contributed by atoms with Crippen LogP contribution in [0.4, 0.5) is 4.79 Å². The predicted octanol–water partition coefficient (Wildman–Crippen LogP) is -0.357. The standard InChI is InChI=1S/C3H8N2O2.C3H4O2/c1-2(4)7-3(5)6;1-2-3(4)5/h2H,4H2,1H3,(H2,5,6);2H,1H2,(H,4,5). The van der Waals surface area contributed by atoms with E-state index >= 15 is 0 Å². The van der Waals surface area contributed by atoms with Crippen LogP contribution in [0.1, 0.15) is 6.92 Å². The van der Waals surface area contributed by atoms with Crippen molar-refractivity contribution in [3.63, 3.8) is 0 Å². The van der Waals surface area contributed by atoms with E-state index in [1.807, 2.05) is 0 Å². The van der Waals surface area contributed by atoms with E-state index in [-0.39, 0.29) is 0 Å². The molecule has 0 fully saturated rings. The Morgan fingerprint density at radius 2 is 2.00 bits per heavy atom. The number of ether oxygens (including phenoxy) is 1. The van der Waals surface area contributed by atoms with Crippen LogP contribution in [0.3, 0.4) is 0 Å². The highest BCUT2D eigenvalue weighted by Crippen LogP contribution is 1.75. The highest BCUT2D eigenvalue weighted by Gasteiger charge is 1.94. The van der Waals surface area contributed by atoms with Crippen molar-refractivity contribution in [2.75, 3.05) is 0 Å². The van der Waals surface area contributed by atoms with Crippen LogP contribution in [0.2, 0.25) is 0 Å². The third-order valence-electron chi connectivity index (χ3n) is 0.477. The highest BCUT2D eigenvalue weighted by molar-refractivity contribution is 5.78. The number of amides is 1. The molecular formula is C6H12N2O4. The summed E-state index contributed by atoms with van der Waals surface area (Å²) in [6, 6.07) is 0. The van der Waals surface area contributed by atoms with Crippen LogP contribution in [-0.4, -0.2) is 23.4 Å². The minimum absolute atomic E-state index is 0.600. The van der Waals surface area contributed by atoms with Gasteiger partial charge < -0.3 is 15.6 Å². The molecule has 1 atom stereocenters. The number of rotatable bonds is 2. The molecule has 0 rings (SSSR count). The Bertz CT molecular complexity index is 167. The van der Waals surface area contributed by atoms with Crippen LogP contribution in [0.5, 0.6) is 0 Å². The van der Waals surface area contributed by atoms with Crippen molar-refractivity contribution in [1.29, 1.82) is 0 Å². The number of nitrogens with two attached hydrogens (primary N) is 2. The van der Waals surface area contributed by atoms with Crippen molar-refractivity contribution in [2.45, 2.75) is 13.2 Å². The van der Waals surface area contributed by atoms with Crippen molar-refractivity contribution in [3.05, 3.63) is 12.7 Å².